The van der Waals surface area contributed by atoms with E-state index in [2.05, 4.69) is 5.32 Å². The highest BCUT2D eigenvalue weighted by atomic mass is 32.2. The van der Waals surface area contributed by atoms with Gasteiger partial charge in [-0.3, -0.25) is 4.79 Å². The van der Waals surface area contributed by atoms with Crippen molar-refractivity contribution in [3.05, 3.63) is 83.9 Å². The molecule has 0 saturated carbocycles. The van der Waals surface area contributed by atoms with Gasteiger partial charge in [0.25, 0.3) is 0 Å². The second-order valence-corrected chi connectivity index (χ2v) is 9.53. The molecule has 0 unspecified atom stereocenters. The summed E-state index contributed by atoms with van der Waals surface area (Å²) in [6.45, 7) is 3.29. The van der Waals surface area contributed by atoms with Crippen LogP contribution in [0.25, 0.3) is 11.1 Å². The number of benzene rings is 3. The highest BCUT2D eigenvalue weighted by Gasteiger charge is 2.28. The van der Waals surface area contributed by atoms with Crippen LogP contribution in [0.15, 0.2) is 72.8 Å². The van der Waals surface area contributed by atoms with Gasteiger partial charge in [-0.05, 0) is 48.2 Å². The zero-order valence-electron chi connectivity index (χ0n) is 17.3. The Morgan fingerprint density at radius 2 is 1.60 bits per heavy atom. The van der Waals surface area contributed by atoms with Crippen molar-refractivity contribution in [2.24, 2.45) is 0 Å². The minimum absolute atomic E-state index is 0.207. The number of aryl methyl sites for hydroxylation is 1. The molecule has 0 aromatic heterocycles. The van der Waals surface area contributed by atoms with Gasteiger partial charge in [0, 0.05) is 0 Å². The van der Waals surface area contributed by atoms with Gasteiger partial charge in [0.15, 0.2) is 9.84 Å². The molecule has 156 valence electrons. The molecule has 1 atom stereocenters. The van der Waals surface area contributed by atoms with Crippen molar-refractivity contribution < 1.29 is 17.9 Å². The maximum absolute atomic E-state index is 12.8. The van der Waals surface area contributed by atoms with Crippen LogP contribution in [-0.4, -0.2) is 26.7 Å². The van der Waals surface area contributed by atoms with E-state index in [9.17, 15) is 13.2 Å². The average molecular weight is 424 g/mol. The number of sulfone groups is 1. The summed E-state index contributed by atoms with van der Waals surface area (Å²) < 4.78 is 30.9. The molecule has 0 spiro atoms. The van der Waals surface area contributed by atoms with Gasteiger partial charge in [-0.2, -0.15) is 0 Å². The minimum Gasteiger partial charge on any atom is -0.495 e. The highest BCUT2D eigenvalue weighted by Crippen LogP contribution is 2.26. The SMILES string of the molecule is COc1ccc(C)cc1NC(=O)[C@H](C)S(=O)(=O)Cc1ccc(-c2ccccc2)cc1. The summed E-state index contributed by atoms with van der Waals surface area (Å²) in [7, 11) is -2.19. The number of carbonyl (C=O) groups is 1. The lowest BCUT2D eigenvalue weighted by Crippen LogP contribution is -2.33. The van der Waals surface area contributed by atoms with Gasteiger partial charge < -0.3 is 10.1 Å². The topological polar surface area (TPSA) is 72.5 Å². The molecule has 0 bridgehead atoms. The first-order valence-corrected chi connectivity index (χ1v) is 11.3. The molecule has 6 heteroatoms. The summed E-state index contributed by atoms with van der Waals surface area (Å²) in [5.41, 5.74) is 4.10. The van der Waals surface area contributed by atoms with E-state index in [1.165, 1.54) is 14.0 Å². The van der Waals surface area contributed by atoms with Crippen LogP contribution in [0.2, 0.25) is 0 Å². The van der Waals surface area contributed by atoms with E-state index in [-0.39, 0.29) is 5.75 Å². The predicted octanol–water partition coefficient (Wildman–Crippen LogP) is 4.61. The molecular formula is C24H25NO4S. The molecule has 0 saturated heterocycles. The van der Waals surface area contributed by atoms with Crippen molar-refractivity contribution >= 4 is 21.4 Å². The highest BCUT2D eigenvalue weighted by molar-refractivity contribution is 7.92. The molecule has 3 aromatic carbocycles. The quantitative estimate of drug-likeness (QED) is 0.602. The van der Waals surface area contributed by atoms with Crippen LogP contribution in [0.3, 0.4) is 0 Å². The molecule has 5 nitrogen and oxygen atoms in total. The number of hydrogen-bond donors (Lipinski definition) is 1. The van der Waals surface area contributed by atoms with E-state index in [0.29, 0.717) is 17.0 Å². The number of ether oxygens (including phenoxy) is 1. The van der Waals surface area contributed by atoms with Crippen molar-refractivity contribution in [3.8, 4) is 16.9 Å². The molecule has 0 fully saturated rings. The summed E-state index contributed by atoms with van der Waals surface area (Å²) in [4.78, 5) is 12.6. The molecule has 0 aliphatic heterocycles. The van der Waals surface area contributed by atoms with E-state index in [0.717, 1.165) is 16.7 Å². The van der Waals surface area contributed by atoms with E-state index in [4.69, 9.17) is 4.74 Å². The number of nitrogens with one attached hydrogen (secondary N) is 1. The Balaban J connectivity index is 1.72. The largest absolute Gasteiger partial charge is 0.495 e. The van der Waals surface area contributed by atoms with Crippen LogP contribution in [0.4, 0.5) is 5.69 Å². The summed E-state index contributed by atoms with van der Waals surface area (Å²) in [5.74, 6) is -0.309. The van der Waals surface area contributed by atoms with Gasteiger partial charge >= 0.3 is 0 Å². The Labute approximate surface area is 177 Å². The lowest BCUT2D eigenvalue weighted by molar-refractivity contribution is -0.115. The number of hydrogen-bond acceptors (Lipinski definition) is 4. The normalized spacial score (nSPS) is 12.2. The summed E-state index contributed by atoms with van der Waals surface area (Å²) in [6.07, 6.45) is 0. The fourth-order valence-corrected chi connectivity index (χ4v) is 4.39. The number of anilines is 1. The minimum atomic E-state index is -3.69. The Bertz CT molecular complexity index is 1120. The number of methoxy groups -OCH3 is 1. The van der Waals surface area contributed by atoms with Crippen LogP contribution in [-0.2, 0) is 20.4 Å². The van der Waals surface area contributed by atoms with Crippen LogP contribution in [0.1, 0.15) is 18.1 Å². The zero-order chi connectivity index (χ0) is 21.7. The number of rotatable bonds is 7. The van der Waals surface area contributed by atoms with Crippen molar-refractivity contribution in [3.63, 3.8) is 0 Å². The standard InChI is InChI=1S/C24H25NO4S/c1-17-9-14-23(29-3)22(15-17)25-24(26)18(2)30(27,28)16-19-10-12-21(13-11-19)20-7-5-4-6-8-20/h4-15,18H,16H2,1-3H3,(H,25,26)/t18-/m0/s1. The van der Waals surface area contributed by atoms with Crippen LogP contribution in [0, 0.1) is 6.92 Å². The molecule has 30 heavy (non-hydrogen) atoms. The summed E-state index contributed by atoms with van der Waals surface area (Å²) in [6, 6.07) is 22.5. The van der Waals surface area contributed by atoms with Crippen molar-refractivity contribution in [2.45, 2.75) is 24.9 Å². The lowest BCUT2D eigenvalue weighted by atomic mass is 10.0. The fourth-order valence-electron chi connectivity index (χ4n) is 3.10. The van der Waals surface area contributed by atoms with E-state index >= 15 is 0 Å². The monoisotopic (exact) mass is 423 g/mol. The smallest absolute Gasteiger partial charge is 0.242 e. The Kier molecular flexibility index (Phi) is 6.57. The van der Waals surface area contributed by atoms with Gasteiger partial charge in [-0.25, -0.2) is 8.42 Å². The van der Waals surface area contributed by atoms with E-state index in [1.807, 2.05) is 55.5 Å². The molecule has 0 heterocycles. The molecule has 1 amide bonds. The lowest BCUT2D eigenvalue weighted by Gasteiger charge is -2.16. The second-order valence-electron chi connectivity index (χ2n) is 7.21. The Morgan fingerprint density at radius 3 is 2.23 bits per heavy atom. The van der Waals surface area contributed by atoms with E-state index in [1.54, 1.807) is 24.3 Å². The zero-order valence-corrected chi connectivity index (χ0v) is 18.1. The second kappa shape index (κ2) is 9.13. The third kappa shape index (κ3) is 5.07. The summed E-state index contributed by atoms with van der Waals surface area (Å²) in [5, 5.41) is 1.48. The first-order chi connectivity index (χ1) is 14.3. The maximum Gasteiger partial charge on any atom is 0.242 e. The molecule has 3 aromatic rings. The first kappa shape index (κ1) is 21.6. The van der Waals surface area contributed by atoms with Crippen LogP contribution < -0.4 is 10.1 Å². The molecule has 3 rings (SSSR count). The number of carbonyl (C=O) groups excluding carboxylic acids is 1. The van der Waals surface area contributed by atoms with Crippen molar-refractivity contribution in [2.75, 3.05) is 12.4 Å². The molecule has 1 N–H and O–H groups in total. The third-order valence-electron chi connectivity index (χ3n) is 4.95. The molecule has 0 aliphatic rings. The number of amides is 1. The molecular weight excluding hydrogens is 398 g/mol. The van der Waals surface area contributed by atoms with Gasteiger partial charge in [0.1, 0.15) is 11.0 Å². The fraction of sp³-hybridized carbons (Fsp3) is 0.208. The maximum atomic E-state index is 12.8. The van der Waals surface area contributed by atoms with Crippen molar-refractivity contribution in [1.29, 1.82) is 0 Å². The Morgan fingerprint density at radius 1 is 0.967 bits per heavy atom. The van der Waals surface area contributed by atoms with Gasteiger partial charge in [-0.1, -0.05) is 60.7 Å². The van der Waals surface area contributed by atoms with E-state index < -0.39 is 21.0 Å². The first-order valence-electron chi connectivity index (χ1n) is 9.61. The van der Waals surface area contributed by atoms with Gasteiger partial charge in [0.2, 0.25) is 5.91 Å². The molecule has 0 radical (unpaired) electrons. The summed E-state index contributed by atoms with van der Waals surface area (Å²) >= 11 is 0. The Hall–Kier alpha value is -3.12. The van der Waals surface area contributed by atoms with Crippen molar-refractivity contribution in [1.82, 2.24) is 0 Å². The average Bonchev–Trinajstić information content (AvgIpc) is 2.74. The van der Waals surface area contributed by atoms with Gasteiger partial charge in [0.05, 0.1) is 18.6 Å². The predicted molar refractivity (Wildman–Crippen MR) is 120 cm³/mol. The van der Waals surface area contributed by atoms with Crippen LogP contribution in [0.5, 0.6) is 5.75 Å². The molecule has 0 aliphatic carbocycles. The third-order valence-corrected chi connectivity index (χ3v) is 6.98. The van der Waals surface area contributed by atoms with Gasteiger partial charge in [-0.15, -0.1) is 0 Å². The van der Waals surface area contributed by atoms with Crippen LogP contribution >= 0.6 is 0 Å².